The summed E-state index contributed by atoms with van der Waals surface area (Å²) in [6.45, 7) is 0.438. The summed E-state index contributed by atoms with van der Waals surface area (Å²) in [7, 11) is 1.29. The van der Waals surface area contributed by atoms with Gasteiger partial charge in [0.1, 0.15) is 5.82 Å². The van der Waals surface area contributed by atoms with E-state index in [-0.39, 0.29) is 5.69 Å². The summed E-state index contributed by atoms with van der Waals surface area (Å²) in [5, 5.41) is 2.98. The maximum absolute atomic E-state index is 13.8. The molecule has 1 N–H and O–H groups in total. The zero-order chi connectivity index (χ0) is 15.4. The van der Waals surface area contributed by atoms with Gasteiger partial charge in [-0.25, -0.2) is 9.18 Å². The van der Waals surface area contributed by atoms with Crippen LogP contribution in [0.15, 0.2) is 45.3 Å². The zero-order valence-electron chi connectivity index (χ0n) is 11.1. The average Bonchev–Trinajstić information content (AvgIpc) is 2.49. The predicted molar refractivity (Wildman–Crippen MR) is 86.9 cm³/mol. The fraction of sp³-hybridized carbons (Fsp3) is 0.133. The highest BCUT2D eigenvalue weighted by Crippen LogP contribution is 2.24. The number of methoxy groups -OCH3 is 1. The molecule has 0 bridgehead atoms. The summed E-state index contributed by atoms with van der Waals surface area (Å²) in [5.41, 5.74) is 1.54. The van der Waals surface area contributed by atoms with E-state index in [0.717, 1.165) is 14.5 Å². The number of rotatable bonds is 4. The first kappa shape index (κ1) is 16.0. The second-order valence-electron chi connectivity index (χ2n) is 4.29. The number of carbonyl (C=O) groups excluding carboxylic acids is 1. The Balaban J connectivity index is 2.15. The van der Waals surface area contributed by atoms with E-state index in [1.807, 2.05) is 18.2 Å². The summed E-state index contributed by atoms with van der Waals surface area (Å²) in [4.78, 5) is 11.4. The van der Waals surface area contributed by atoms with Gasteiger partial charge in [-0.05, 0) is 67.8 Å². The molecule has 2 aromatic carbocycles. The molecule has 2 aromatic rings. The Labute approximate surface area is 138 Å². The van der Waals surface area contributed by atoms with Crippen molar-refractivity contribution in [1.29, 1.82) is 0 Å². The Hall–Kier alpha value is -1.40. The molecule has 0 radical (unpaired) electrons. The molecule has 0 aliphatic rings. The molecule has 0 saturated heterocycles. The molecule has 0 saturated carbocycles. The van der Waals surface area contributed by atoms with Gasteiger partial charge in [0.25, 0.3) is 0 Å². The van der Waals surface area contributed by atoms with Crippen LogP contribution in [0.5, 0.6) is 0 Å². The molecule has 0 amide bonds. The average molecular weight is 417 g/mol. The fourth-order valence-corrected chi connectivity index (χ4v) is 2.43. The Morgan fingerprint density at radius 1 is 1.19 bits per heavy atom. The van der Waals surface area contributed by atoms with Gasteiger partial charge in [0.15, 0.2) is 0 Å². The third kappa shape index (κ3) is 4.04. The van der Waals surface area contributed by atoms with E-state index in [4.69, 9.17) is 0 Å². The van der Waals surface area contributed by atoms with E-state index in [2.05, 4.69) is 41.9 Å². The Morgan fingerprint density at radius 3 is 2.62 bits per heavy atom. The van der Waals surface area contributed by atoms with Crippen LogP contribution in [-0.4, -0.2) is 13.1 Å². The number of ether oxygens (including phenoxy) is 1. The number of benzene rings is 2. The highest BCUT2D eigenvalue weighted by atomic mass is 79.9. The number of hydrogen-bond acceptors (Lipinski definition) is 3. The molecule has 3 nitrogen and oxygen atoms in total. The van der Waals surface area contributed by atoms with Crippen LogP contribution in [0.3, 0.4) is 0 Å². The quantitative estimate of drug-likeness (QED) is 0.731. The van der Waals surface area contributed by atoms with Gasteiger partial charge in [-0.15, -0.1) is 0 Å². The van der Waals surface area contributed by atoms with Crippen molar-refractivity contribution in [3.05, 3.63) is 62.3 Å². The summed E-state index contributed by atoms with van der Waals surface area (Å²) in [6, 6.07) is 9.83. The van der Waals surface area contributed by atoms with Crippen molar-refractivity contribution in [3.8, 4) is 0 Å². The lowest BCUT2D eigenvalue weighted by molar-refractivity contribution is 0.0600. The smallest absolute Gasteiger partial charge is 0.337 e. The van der Waals surface area contributed by atoms with Gasteiger partial charge in [-0.1, -0.05) is 6.07 Å². The lowest BCUT2D eigenvalue weighted by Crippen LogP contribution is -2.05. The van der Waals surface area contributed by atoms with Crippen molar-refractivity contribution in [3.63, 3.8) is 0 Å². The van der Waals surface area contributed by atoms with Crippen LogP contribution in [0.2, 0.25) is 0 Å². The van der Waals surface area contributed by atoms with Gasteiger partial charge >= 0.3 is 5.97 Å². The number of anilines is 1. The topological polar surface area (TPSA) is 38.3 Å². The van der Waals surface area contributed by atoms with E-state index in [1.54, 1.807) is 0 Å². The first-order valence-corrected chi connectivity index (χ1v) is 7.65. The minimum Gasteiger partial charge on any atom is -0.465 e. The Bertz CT molecular complexity index is 677. The van der Waals surface area contributed by atoms with Gasteiger partial charge in [-0.2, -0.15) is 0 Å². The number of hydrogen-bond donors (Lipinski definition) is 1. The van der Waals surface area contributed by atoms with Crippen molar-refractivity contribution >= 4 is 43.5 Å². The Morgan fingerprint density at radius 2 is 1.95 bits per heavy atom. The molecule has 0 spiro atoms. The zero-order valence-corrected chi connectivity index (χ0v) is 14.3. The van der Waals surface area contributed by atoms with Crippen LogP contribution in [0.25, 0.3) is 0 Å². The molecule has 0 aliphatic carbocycles. The second-order valence-corrected chi connectivity index (χ2v) is 6.00. The van der Waals surface area contributed by atoms with E-state index in [9.17, 15) is 9.18 Å². The molecule has 2 rings (SSSR count). The lowest BCUT2D eigenvalue weighted by atomic mass is 10.1. The molecule has 21 heavy (non-hydrogen) atoms. The summed E-state index contributed by atoms with van der Waals surface area (Å²) in [5.74, 6) is -0.914. The summed E-state index contributed by atoms with van der Waals surface area (Å²) >= 11 is 6.81. The molecule has 0 atom stereocenters. The van der Waals surface area contributed by atoms with Gasteiger partial charge < -0.3 is 10.1 Å². The minimum absolute atomic E-state index is 0.261. The lowest BCUT2D eigenvalue weighted by Gasteiger charge is -2.10. The van der Waals surface area contributed by atoms with Gasteiger partial charge in [0.05, 0.1) is 18.4 Å². The Kier molecular flexibility index (Phi) is 5.36. The monoisotopic (exact) mass is 415 g/mol. The normalized spacial score (nSPS) is 10.3. The molecule has 0 aromatic heterocycles. The number of halogens is 3. The molecule has 0 unspecified atom stereocenters. The third-order valence-electron chi connectivity index (χ3n) is 2.85. The highest BCUT2D eigenvalue weighted by Gasteiger charge is 2.10. The van der Waals surface area contributed by atoms with E-state index < -0.39 is 11.8 Å². The van der Waals surface area contributed by atoms with Crippen molar-refractivity contribution in [2.24, 2.45) is 0 Å². The number of carbonyl (C=O) groups is 1. The van der Waals surface area contributed by atoms with E-state index in [0.29, 0.717) is 12.1 Å². The fourth-order valence-electron chi connectivity index (χ4n) is 1.75. The predicted octanol–water partition coefficient (Wildman–Crippen LogP) is 4.75. The molecule has 0 heterocycles. The van der Waals surface area contributed by atoms with Gasteiger partial charge in [0, 0.05) is 15.5 Å². The standard InChI is InChI=1S/C15H12Br2FNO2/c1-21-15(20)10-3-5-13(18)14(7-10)19-8-9-2-4-11(16)12(17)6-9/h2-7,19H,8H2,1H3. The van der Waals surface area contributed by atoms with Crippen LogP contribution >= 0.6 is 31.9 Å². The minimum atomic E-state index is -0.496. The van der Waals surface area contributed by atoms with Gasteiger partial charge in [-0.3, -0.25) is 0 Å². The largest absolute Gasteiger partial charge is 0.465 e. The molecule has 0 aliphatic heterocycles. The van der Waals surface area contributed by atoms with E-state index in [1.165, 1.54) is 25.3 Å². The third-order valence-corrected chi connectivity index (χ3v) is 4.73. The summed E-state index contributed by atoms with van der Waals surface area (Å²) < 4.78 is 20.2. The van der Waals surface area contributed by atoms with Crippen molar-refractivity contribution in [1.82, 2.24) is 0 Å². The molecule has 6 heteroatoms. The maximum Gasteiger partial charge on any atom is 0.337 e. The summed E-state index contributed by atoms with van der Waals surface area (Å²) in [6.07, 6.45) is 0. The SMILES string of the molecule is COC(=O)c1ccc(F)c(NCc2ccc(Br)c(Br)c2)c1. The first-order chi connectivity index (χ1) is 10.0. The van der Waals surface area contributed by atoms with Crippen LogP contribution < -0.4 is 5.32 Å². The molecule has 0 fully saturated rings. The highest BCUT2D eigenvalue weighted by molar-refractivity contribution is 9.13. The van der Waals surface area contributed by atoms with Gasteiger partial charge in [0.2, 0.25) is 0 Å². The van der Waals surface area contributed by atoms with Crippen LogP contribution in [0.4, 0.5) is 10.1 Å². The van der Waals surface area contributed by atoms with Crippen molar-refractivity contribution in [2.75, 3.05) is 12.4 Å². The van der Waals surface area contributed by atoms with Crippen LogP contribution in [0, 0.1) is 5.82 Å². The molecule has 110 valence electrons. The van der Waals surface area contributed by atoms with Crippen LogP contribution in [0.1, 0.15) is 15.9 Å². The first-order valence-electron chi connectivity index (χ1n) is 6.07. The van der Waals surface area contributed by atoms with Crippen LogP contribution in [-0.2, 0) is 11.3 Å². The maximum atomic E-state index is 13.8. The van der Waals surface area contributed by atoms with Crippen molar-refractivity contribution < 1.29 is 13.9 Å². The van der Waals surface area contributed by atoms with Crippen molar-refractivity contribution in [2.45, 2.75) is 6.54 Å². The molecular formula is C15H12Br2FNO2. The van der Waals surface area contributed by atoms with E-state index >= 15 is 0 Å². The second kappa shape index (κ2) is 7.04. The number of nitrogens with one attached hydrogen (secondary N) is 1. The number of esters is 1. The molecular weight excluding hydrogens is 405 g/mol.